The van der Waals surface area contributed by atoms with Crippen LogP contribution in [0.1, 0.15) is 33.1 Å². The second kappa shape index (κ2) is 4.40. The van der Waals surface area contributed by atoms with E-state index in [0.717, 1.165) is 19.3 Å². The molecule has 0 fully saturated rings. The Labute approximate surface area is 80.5 Å². The molecule has 1 aliphatic carbocycles. The summed E-state index contributed by atoms with van der Waals surface area (Å²) in [6.45, 7) is 8.16. The van der Waals surface area contributed by atoms with Crippen LogP contribution in [0.4, 0.5) is 0 Å². The largest absolute Gasteiger partial charge is 0.295 e. The van der Waals surface area contributed by atoms with Gasteiger partial charge < -0.3 is 0 Å². The summed E-state index contributed by atoms with van der Waals surface area (Å²) >= 11 is 0. The van der Waals surface area contributed by atoms with Gasteiger partial charge in [-0.1, -0.05) is 25.5 Å². The van der Waals surface area contributed by atoms with Crippen molar-refractivity contribution >= 4 is 5.78 Å². The van der Waals surface area contributed by atoms with Crippen LogP contribution in [0.3, 0.4) is 0 Å². The zero-order valence-corrected chi connectivity index (χ0v) is 8.55. The minimum atomic E-state index is 0.286. The third-order valence-electron chi connectivity index (χ3n) is 2.71. The topological polar surface area (TPSA) is 17.1 Å². The Morgan fingerprint density at radius 2 is 2.38 bits per heavy atom. The molecule has 1 nitrogen and oxygen atoms in total. The van der Waals surface area contributed by atoms with E-state index >= 15 is 0 Å². The van der Waals surface area contributed by atoms with Crippen molar-refractivity contribution in [1.29, 1.82) is 0 Å². The molecule has 0 N–H and O–H groups in total. The Kier molecular flexibility index (Phi) is 3.47. The van der Waals surface area contributed by atoms with Crippen LogP contribution in [0.15, 0.2) is 24.3 Å². The second-order valence-corrected chi connectivity index (χ2v) is 4.07. The summed E-state index contributed by atoms with van der Waals surface area (Å²) in [6, 6.07) is 0. The molecule has 13 heavy (non-hydrogen) atoms. The van der Waals surface area contributed by atoms with Crippen LogP contribution < -0.4 is 0 Å². The van der Waals surface area contributed by atoms with Gasteiger partial charge in [-0.15, -0.1) is 6.58 Å². The molecule has 1 heteroatoms. The van der Waals surface area contributed by atoms with Crippen molar-refractivity contribution in [3.63, 3.8) is 0 Å². The van der Waals surface area contributed by atoms with Crippen LogP contribution in [0.2, 0.25) is 0 Å². The third-order valence-corrected chi connectivity index (χ3v) is 2.71. The van der Waals surface area contributed by atoms with E-state index < -0.39 is 0 Å². The highest BCUT2D eigenvalue weighted by atomic mass is 16.1. The lowest BCUT2D eigenvalue weighted by Crippen LogP contribution is -2.18. The number of hydrogen-bond donors (Lipinski definition) is 0. The maximum atomic E-state index is 11.2. The van der Waals surface area contributed by atoms with Crippen molar-refractivity contribution in [2.75, 3.05) is 0 Å². The number of carbonyl (C=O) groups excluding carboxylic acids is 1. The molecule has 0 bridgehead atoms. The maximum absolute atomic E-state index is 11.2. The average Bonchev–Trinajstić information content (AvgIpc) is 2.04. The molecule has 0 unspecified atom stereocenters. The van der Waals surface area contributed by atoms with Crippen molar-refractivity contribution in [3.05, 3.63) is 24.3 Å². The highest BCUT2D eigenvalue weighted by molar-refractivity contribution is 5.91. The summed E-state index contributed by atoms with van der Waals surface area (Å²) in [5.74, 6) is 1.52. The minimum absolute atomic E-state index is 0.286. The number of carbonyl (C=O) groups is 1. The molecule has 72 valence electrons. The van der Waals surface area contributed by atoms with E-state index in [0.29, 0.717) is 11.8 Å². The molecule has 1 rings (SSSR count). The lowest BCUT2D eigenvalue weighted by atomic mass is 9.78. The van der Waals surface area contributed by atoms with Gasteiger partial charge in [0.2, 0.25) is 0 Å². The lowest BCUT2D eigenvalue weighted by Gasteiger charge is -2.26. The van der Waals surface area contributed by atoms with Gasteiger partial charge >= 0.3 is 0 Å². The van der Waals surface area contributed by atoms with Gasteiger partial charge in [-0.05, 0) is 30.8 Å². The molecule has 0 aromatic rings. The van der Waals surface area contributed by atoms with Gasteiger partial charge in [-0.25, -0.2) is 0 Å². The summed E-state index contributed by atoms with van der Waals surface area (Å²) in [5, 5.41) is 0. The van der Waals surface area contributed by atoms with E-state index in [4.69, 9.17) is 0 Å². The summed E-state index contributed by atoms with van der Waals surface area (Å²) in [7, 11) is 0. The average molecular weight is 178 g/mol. The highest BCUT2D eigenvalue weighted by Crippen LogP contribution is 2.31. The first kappa shape index (κ1) is 10.2. The van der Waals surface area contributed by atoms with Crippen LogP contribution in [-0.2, 0) is 4.79 Å². The van der Waals surface area contributed by atoms with Crippen LogP contribution in [0, 0.1) is 11.8 Å². The Morgan fingerprint density at radius 3 is 2.92 bits per heavy atom. The molecular weight excluding hydrogens is 160 g/mol. The fraction of sp³-hybridized carbons (Fsp3) is 0.583. The van der Waals surface area contributed by atoms with E-state index in [9.17, 15) is 4.79 Å². The number of rotatable bonds is 3. The third kappa shape index (κ3) is 2.55. The molecule has 0 aromatic heterocycles. The quantitative estimate of drug-likeness (QED) is 0.607. The Hall–Kier alpha value is -0.850. The van der Waals surface area contributed by atoms with Gasteiger partial charge in [-0.2, -0.15) is 0 Å². The highest BCUT2D eigenvalue weighted by Gasteiger charge is 2.22. The predicted octanol–water partition coefficient (Wildman–Crippen LogP) is 3.12. The normalized spacial score (nSPS) is 23.2. The molecule has 0 saturated carbocycles. The predicted molar refractivity (Wildman–Crippen MR) is 55.5 cm³/mol. The fourth-order valence-corrected chi connectivity index (χ4v) is 2.01. The van der Waals surface area contributed by atoms with Gasteiger partial charge in [-0.3, -0.25) is 4.79 Å². The minimum Gasteiger partial charge on any atom is -0.295 e. The van der Waals surface area contributed by atoms with Gasteiger partial charge in [0, 0.05) is 6.42 Å². The van der Waals surface area contributed by atoms with Gasteiger partial charge in [0.05, 0.1) is 0 Å². The molecular formula is C12H18O. The SMILES string of the molecule is C=CCC1=CC(=O)CC[C@@H]1C(C)C. The fourth-order valence-electron chi connectivity index (χ4n) is 2.01. The molecule has 0 saturated heterocycles. The molecule has 1 aliphatic rings. The number of allylic oxidation sites excluding steroid dienone is 3. The first-order valence-electron chi connectivity index (χ1n) is 4.99. The number of hydrogen-bond acceptors (Lipinski definition) is 1. The maximum Gasteiger partial charge on any atom is 0.155 e. The van der Waals surface area contributed by atoms with E-state index in [1.807, 2.05) is 12.2 Å². The second-order valence-electron chi connectivity index (χ2n) is 4.07. The van der Waals surface area contributed by atoms with Crippen molar-refractivity contribution in [2.24, 2.45) is 11.8 Å². The number of ketones is 1. The zero-order chi connectivity index (χ0) is 9.84. The molecule has 0 radical (unpaired) electrons. The molecule has 0 amide bonds. The molecule has 1 atom stereocenters. The Bertz CT molecular complexity index is 236. The van der Waals surface area contributed by atoms with Crippen LogP contribution in [0.5, 0.6) is 0 Å². The van der Waals surface area contributed by atoms with E-state index in [1.165, 1.54) is 5.57 Å². The van der Waals surface area contributed by atoms with Gasteiger partial charge in [0.25, 0.3) is 0 Å². The first-order valence-corrected chi connectivity index (χ1v) is 4.99. The Balaban J connectivity index is 2.79. The summed E-state index contributed by atoms with van der Waals surface area (Å²) < 4.78 is 0. The summed E-state index contributed by atoms with van der Waals surface area (Å²) in [6.07, 6.45) is 6.34. The molecule has 0 aromatic carbocycles. The lowest BCUT2D eigenvalue weighted by molar-refractivity contribution is -0.115. The standard InChI is InChI=1S/C12H18O/c1-4-5-10-8-11(13)6-7-12(10)9(2)3/h4,8-9,12H,1,5-7H2,2-3H3/t12-/m1/s1. The monoisotopic (exact) mass is 178 g/mol. The molecule has 0 heterocycles. The first-order chi connectivity index (χ1) is 6.15. The summed E-state index contributed by atoms with van der Waals surface area (Å²) in [4.78, 5) is 11.2. The van der Waals surface area contributed by atoms with Crippen LogP contribution >= 0.6 is 0 Å². The van der Waals surface area contributed by atoms with Gasteiger partial charge in [0.15, 0.2) is 5.78 Å². The summed E-state index contributed by atoms with van der Waals surface area (Å²) in [5.41, 5.74) is 1.28. The molecule has 0 spiro atoms. The molecule has 0 aliphatic heterocycles. The van der Waals surface area contributed by atoms with Crippen molar-refractivity contribution in [1.82, 2.24) is 0 Å². The van der Waals surface area contributed by atoms with Gasteiger partial charge in [0.1, 0.15) is 0 Å². The van der Waals surface area contributed by atoms with Crippen molar-refractivity contribution < 1.29 is 4.79 Å². The van der Waals surface area contributed by atoms with E-state index in [1.54, 1.807) is 0 Å². The van der Waals surface area contributed by atoms with Crippen molar-refractivity contribution in [3.8, 4) is 0 Å². The van der Waals surface area contributed by atoms with Crippen molar-refractivity contribution in [2.45, 2.75) is 33.1 Å². The van der Waals surface area contributed by atoms with Crippen LogP contribution in [-0.4, -0.2) is 5.78 Å². The van der Waals surface area contributed by atoms with E-state index in [-0.39, 0.29) is 5.78 Å². The van der Waals surface area contributed by atoms with E-state index in [2.05, 4.69) is 20.4 Å². The zero-order valence-electron chi connectivity index (χ0n) is 8.55. The Morgan fingerprint density at radius 1 is 1.69 bits per heavy atom. The smallest absolute Gasteiger partial charge is 0.155 e. The van der Waals surface area contributed by atoms with Crippen LogP contribution in [0.25, 0.3) is 0 Å².